The number of non-ortho nitro benzene ring substituents is 1. The lowest BCUT2D eigenvalue weighted by Crippen LogP contribution is -2.23. The zero-order valence-electron chi connectivity index (χ0n) is 9.24. The van der Waals surface area contributed by atoms with Gasteiger partial charge in [-0.2, -0.15) is 0 Å². The van der Waals surface area contributed by atoms with Gasteiger partial charge in [0.1, 0.15) is 0 Å². The minimum Gasteiger partial charge on any atom is -0.478 e. The van der Waals surface area contributed by atoms with E-state index < -0.39 is 23.6 Å². The third-order valence-corrected chi connectivity index (χ3v) is 2.18. The summed E-state index contributed by atoms with van der Waals surface area (Å²) in [6.07, 6.45) is -1.08. The van der Waals surface area contributed by atoms with Crippen LogP contribution in [0, 0.1) is 10.1 Å². The van der Waals surface area contributed by atoms with Gasteiger partial charge < -0.3 is 20.6 Å². The highest BCUT2D eigenvalue weighted by molar-refractivity contribution is 5.94. The molecular formula is C10H12N2O6. The fraction of sp³-hybridized carbons (Fsp3) is 0.300. The van der Waals surface area contributed by atoms with Crippen molar-refractivity contribution in [2.24, 2.45) is 0 Å². The zero-order chi connectivity index (χ0) is 13.7. The van der Waals surface area contributed by atoms with Gasteiger partial charge in [0.2, 0.25) is 0 Å². The molecule has 0 saturated carbocycles. The van der Waals surface area contributed by atoms with Crippen molar-refractivity contribution in [3.05, 3.63) is 33.9 Å². The van der Waals surface area contributed by atoms with E-state index in [0.29, 0.717) is 0 Å². The van der Waals surface area contributed by atoms with E-state index in [-0.39, 0.29) is 23.5 Å². The Balaban J connectivity index is 3.00. The predicted octanol–water partition coefficient (Wildman–Crippen LogP) is 0.0581. The Kier molecular flexibility index (Phi) is 4.58. The van der Waals surface area contributed by atoms with Crippen LogP contribution in [0.4, 0.5) is 11.4 Å². The maximum absolute atomic E-state index is 10.9. The molecule has 0 fully saturated rings. The molecule has 8 nitrogen and oxygen atoms in total. The molecule has 1 aromatic rings. The lowest BCUT2D eigenvalue weighted by atomic mass is 10.1. The molecule has 1 aromatic carbocycles. The van der Waals surface area contributed by atoms with Crippen LogP contribution in [0.5, 0.6) is 0 Å². The maximum atomic E-state index is 10.9. The summed E-state index contributed by atoms with van der Waals surface area (Å²) in [6, 6.07) is 3.25. The maximum Gasteiger partial charge on any atom is 0.337 e. The van der Waals surface area contributed by atoms with E-state index in [1.807, 2.05) is 0 Å². The minimum atomic E-state index is -1.24. The van der Waals surface area contributed by atoms with Crippen molar-refractivity contribution < 1.29 is 25.0 Å². The SMILES string of the molecule is O=C(O)c1ccc([N+](=O)[O-])cc1NCC(O)CO. The molecule has 0 spiro atoms. The lowest BCUT2D eigenvalue weighted by Gasteiger charge is -2.12. The summed E-state index contributed by atoms with van der Waals surface area (Å²) in [6.45, 7) is -0.609. The highest BCUT2D eigenvalue weighted by Gasteiger charge is 2.15. The van der Waals surface area contributed by atoms with Gasteiger partial charge in [0, 0.05) is 18.7 Å². The Labute approximate surface area is 102 Å². The predicted molar refractivity (Wildman–Crippen MR) is 61.6 cm³/mol. The summed E-state index contributed by atoms with van der Waals surface area (Å²) in [7, 11) is 0. The van der Waals surface area contributed by atoms with Gasteiger partial charge in [-0.05, 0) is 6.07 Å². The lowest BCUT2D eigenvalue weighted by molar-refractivity contribution is -0.384. The Morgan fingerprint density at radius 2 is 2.17 bits per heavy atom. The number of carboxylic acid groups (broad SMARTS) is 1. The average molecular weight is 256 g/mol. The summed E-state index contributed by atoms with van der Waals surface area (Å²) < 4.78 is 0. The second kappa shape index (κ2) is 5.94. The van der Waals surface area contributed by atoms with Crippen LogP contribution in [0.25, 0.3) is 0 Å². The molecule has 8 heteroatoms. The van der Waals surface area contributed by atoms with Crippen molar-refractivity contribution in [1.29, 1.82) is 0 Å². The zero-order valence-corrected chi connectivity index (χ0v) is 9.24. The molecule has 0 amide bonds. The number of hydrogen-bond donors (Lipinski definition) is 4. The molecular weight excluding hydrogens is 244 g/mol. The molecule has 4 N–H and O–H groups in total. The monoisotopic (exact) mass is 256 g/mol. The highest BCUT2D eigenvalue weighted by Crippen LogP contribution is 2.22. The molecule has 1 rings (SSSR count). The standard InChI is InChI=1S/C10H12N2O6/c13-5-7(14)4-11-9-3-6(12(17)18)1-2-8(9)10(15)16/h1-3,7,11,13-14H,4-5H2,(H,15,16). The van der Waals surface area contributed by atoms with Crippen LogP contribution in [0.2, 0.25) is 0 Å². The van der Waals surface area contributed by atoms with Crippen LogP contribution in [-0.4, -0.2) is 45.5 Å². The molecule has 1 unspecified atom stereocenters. The van der Waals surface area contributed by atoms with E-state index >= 15 is 0 Å². The molecule has 0 aliphatic rings. The van der Waals surface area contributed by atoms with Crippen molar-refractivity contribution in [2.75, 3.05) is 18.5 Å². The summed E-state index contributed by atoms with van der Waals surface area (Å²) in [5.74, 6) is -1.24. The van der Waals surface area contributed by atoms with Gasteiger partial charge in [-0.3, -0.25) is 10.1 Å². The molecule has 1 atom stereocenters. The van der Waals surface area contributed by atoms with E-state index in [0.717, 1.165) is 18.2 Å². The number of benzene rings is 1. The van der Waals surface area contributed by atoms with Gasteiger partial charge in [-0.1, -0.05) is 0 Å². The third kappa shape index (κ3) is 3.40. The first-order valence-corrected chi connectivity index (χ1v) is 5.00. The van der Waals surface area contributed by atoms with Crippen LogP contribution >= 0.6 is 0 Å². The van der Waals surface area contributed by atoms with Crippen molar-refractivity contribution in [1.82, 2.24) is 0 Å². The van der Waals surface area contributed by atoms with Gasteiger partial charge in [0.25, 0.3) is 5.69 Å². The number of nitro benzene ring substituents is 1. The second-order valence-corrected chi connectivity index (χ2v) is 3.51. The fourth-order valence-corrected chi connectivity index (χ4v) is 1.27. The Morgan fingerprint density at radius 3 is 2.67 bits per heavy atom. The number of hydrogen-bond acceptors (Lipinski definition) is 6. The molecule has 0 aromatic heterocycles. The number of anilines is 1. The third-order valence-electron chi connectivity index (χ3n) is 2.18. The van der Waals surface area contributed by atoms with Crippen molar-refractivity contribution >= 4 is 17.3 Å². The number of nitro groups is 1. The van der Waals surface area contributed by atoms with Crippen molar-refractivity contribution in [3.63, 3.8) is 0 Å². The second-order valence-electron chi connectivity index (χ2n) is 3.51. The van der Waals surface area contributed by atoms with E-state index in [1.165, 1.54) is 0 Å². The van der Waals surface area contributed by atoms with Crippen LogP contribution in [-0.2, 0) is 0 Å². The minimum absolute atomic E-state index is 0.0178. The Hall–Kier alpha value is -2.19. The first-order valence-electron chi connectivity index (χ1n) is 5.00. The van der Waals surface area contributed by atoms with E-state index in [1.54, 1.807) is 0 Å². The number of nitrogens with zero attached hydrogens (tertiary/aromatic N) is 1. The fourth-order valence-electron chi connectivity index (χ4n) is 1.27. The van der Waals surface area contributed by atoms with Gasteiger partial charge in [0.15, 0.2) is 0 Å². The molecule has 98 valence electrons. The molecule has 0 bridgehead atoms. The van der Waals surface area contributed by atoms with Crippen LogP contribution in [0.1, 0.15) is 10.4 Å². The van der Waals surface area contributed by atoms with Crippen LogP contribution in [0.3, 0.4) is 0 Å². The molecule has 18 heavy (non-hydrogen) atoms. The molecule has 0 aliphatic carbocycles. The largest absolute Gasteiger partial charge is 0.478 e. The van der Waals surface area contributed by atoms with Gasteiger partial charge in [-0.25, -0.2) is 4.79 Å². The highest BCUT2D eigenvalue weighted by atomic mass is 16.6. The van der Waals surface area contributed by atoms with Crippen molar-refractivity contribution in [2.45, 2.75) is 6.10 Å². The normalized spacial score (nSPS) is 11.9. The van der Waals surface area contributed by atoms with E-state index in [4.69, 9.17) is 15.3 Å². The number of rotatable bonds is 6. The van der Waals surface area contributed by atoms with Gasteiger partial charge >= 0.3 is 5.97 Å². The number of nitrogens with one attached hydrogen (secondary N) is 1. The van der Waals surface area contributed by atoms with E-state index in [9.17, 15) is 14.9 Å². The average Bonchev–Trinajstić information content (AvgIpc) is 2.35. The molecule has 0 heterocycles. The molecule has 0 radical (unpaired) electrons. The number of carbonyl (C=O) groups is 1. The van der Waals surface area contributed by atoms with Gasteiger partial charge in [-0.15, -0.1) is 0 Å². The summed E-state index contributed by atoms with van der Waals surface area (Å²) >= 11 is 0. The summed E-state index contributed by atoms with van der Waals surface area (Å²) in [5.41, 5.74) is -0.393. The topological polar surface area (TPSA) is 133 Å². The first-order chi connectivity index (χ1) is 8.45. The quantitative estimate of drug-likeness (QED) is 0.417. The smallest absolute Gasteiger partial charge is 0.337 e. The molecule has 0 saturated heterocycles. The van der Waals surface area contributed by atoms with Crippen LogP contribution < -0.4 is 5.32 Å². The number of aliphatic hydroxyl groups is 2. The Morgan fingerprint density at radius 1 is 1.50 bits per heavy atom. The first kappa shape index (κ1) is 13.9. The molecule has 0 aliphatic heterocycles. The Bertz CT molecular complexity index is 462. The number of aromatic carboxylic acids is 1. The van der Waals surface area contributed by atoms with E-state index in [2.05, 4.69) is 5.32 Å². The van der Waals surface area contributed by atoms with Gasteiger partial charge in [0.05, 0.1) is 28.9 Å². The summed E-state index contributed by atoms with van der Waals surface area (Å²) in [5, 5.41) is 39.8. The van der Waals surface area contributed by atoms with Crippen molar-refractivity contribution in [3.8, 4) is 0 Å². The van der Waals surface area contributed by atoms with Crippen LogP contribution in [0.15, 0.2) is 18.2 Å². The summed E-state index contributed by atoms with van der Waals surface area (Å²) in [4.78, 5) is 20.8. The number of carboxylic acids is 1. The number of aliphatic hydroxyl groups excluding tert-OH is 2.